The molecule has 0 aliphatic rings. The van der Waals surface area contributed by atoms with Crippen LogP contribution in [-0.4, -0.2) is 44.2 Å². The number of carbonyl (C=O) groups excluding carboxylic acids is 2. The molecule has 2 rings (SSSR count). The monoisotopic (exact) mass is 561 g/mol. The molecule has 0 aliphatic heterocycles. The van der Waals surface area contributed by atoms with E-state index < -0.39 is 72.3 Å². The highest BCUT2D eigenvalue weighted by Crippen LogP contribution is 2.32. The van der Waals surface area contributed by atoms with Crippen LogP contribution in [0.15, 0.2) is 9.59 Å². The van der Waals surface area contributed by atoms with Gasteiger partial charge in [-0.15, -0.1) is 11.3 Å². The molecule has 0 saturated heterocycles. The van der Waals surface area contributed by atoms with Crippen LogP contribution >= 0.6 is 11.3 Å². The molecule has 0 fully saturated rings. The van der Waals surface area contributed by atoms with Crippen molar-refractivity contribution in [3.63, 3.8) is 0 Å². The van der Waals surface area contributed by atoms with Crippen LogP contribution in [0.3, 0.4) is 0 Å². The summed E-state index contributed by atoms with van der Waals surface area (Å²) in [6.07, 6.45) is -12.4. The maximum atomic E-state index is 13.4. The molecule has 10 nitrogen and oxygen atoms in total. The number of aromatic nitrogens is 2. The van der Waals surface area contributed by atoms with Crippen LogP contribution in [0.25, 0.3) is 10.2 Å². The van der Waals surface area contributed by atoms with Crippen molar-refractivity contribution in [2.45, 2.75) is 78.1 Å². The molecule has 3 amide bonds. The highest BCUT2D eigenvalue weighted by molar-refractivity contribution is 7.18. The number of alkyl halides is 6. The summed E-state index contributed by atoms with van der Waals surface area (Å²) >= 11 is 0.603. The summed E-state index contributed by atoms with van der Waals surface area (Å²) in [7, 11) is 0. The Labute approximate surface area is 209 Å². The maximum absolute atomic E-state index is 13.4. The number of hydrogen-bond donors (Lipinski definition) is 2. The predicted molar refractivity (Wildman–Crippen MR) is 121 cm³/mol. The Morgan fingerprint density at radius 2 is 1.70 bits per heavy atom. The van der Waals surface area contributed by atoms with Gasteiger partial charge in [-0.3, -0.25) is 9.36 Å². The summed E-state index contributed by atoms with van der Waals surface area (Å²) in [6.45, 7) is 4.87. The number of nitrogens with zero attached hydrogens (tertiary/aromatic N) is 3. The number of amides is 3. The number of rotatable bonds is 5. The third-order valence-corrected chi connectivity index (χ3v) is 6.31. The van der Waals surface area contributed by atoms with E-state index in [1.54, 1.807) is 20.8 Å². The summed E-state index contributed by atoms with van der Waals surface area (Å²) < 4.78 is 84.3. The number of carbonyl (C=O) groups is 2. The summed E-state index contributed by atoms with van der Waals surface area (Å²) in [6, 6.07) is -3.81. The summed E-state index contributed by atoms with van der Waals surface area (Å²) in [4.78, 5) is 49.6. The molecule has 17 heteroatoms. The van der Waals surface area contributed by atoms with Crippen LogP contribution in [0, 0.1) is 6.92 Å². The minimum atomic E-state index is -5.05. The second-order valence-electron chi connectivity index (χ2n) is 9.06. The molecule has 2 heterocycles. The van der Waals surface area contributed by atoms with Gasteiger partial charge in [0.05, 0.1) is 18.4 Å². The van der Waals surface area contributed by atoms with E-state index in [0.29, 0.717) is 27.8 Å². The number of primary amides is 1. The first-order valence-corrected chi connectivity index (χ1v) is 11.4. The van der Waals surface area contributed by atoms with Crippen molar-refractivity contribution in [1.29, 1.82) is 0 Å². The first-order chi connectivity index (χ1) is 16.6. The van der Waals surface area contributed by atoms with Crippen molar-refractivity contribution in [3.8, 4) is 0 Å². The SMILES string of the molecule is Cc1c(CN(NC(=O)OC(C)(C)C)C(N)=O)sc2c1c(=O)n(C(C)C(F)(F)F)c(=O)n2CCC(F)(F)F. The molecule has 0 saturated carbocycles. The van der Waals surface area contributed by atoms with Gasteiger partial charge >= 0.3 is 30.2 Å². The minimum Gasteiger partial charge on any atom is -0.443 e. The zero-order valence-electron chi connectivity index (χ0n) is 20.3. The van der Waals surface area contributed by atoms with Crippen LogP contribution in [0.1, 0.15) is 50.6 Å². The molecule has 1 unspecified atom stereocenters. The third-order valence-electron chi connectivity index (χ3n) is 5.01. The molecular weight excluding hydrogens is 536 g/mol. The van der Waals surface area contributed by atoms with E-state index in [1.165, 1.54) is 6.92 Å². The van der Waals surface area contributed by atoms with Crippen molar-refractivity contribution >= 4 is 33.7 Å². The van der Waals surface area contributed by atoms with Gasteiger partial charge in [0.2, 0.25) is 0 Å². The zero-order chi connectivity index (χ0) is 28.7. The topological polar surface area (TPSA) is 129 Å². The maximum Gasteiger partial charge on any atom is 0.426 e. The van der Waals surface area contributed by atoms with E-state index in [-0.39, 0.29) is 19.8 Å². The Balaban J connectivity index is 2.70. The lowest BCUT2D eigenvalue weighted by Gasteiger charge is -2.24. The zero-order valence-corrected chi connectivity index (χ0v) is 21.2. The highest BCUT2D eigenvalue weighted by Gasteiger charge is 2.40. The van der Waals surface area contributed by atoms with E-state index in [4.69, 9.17) is 10.5 Å². The largest absolute Gasteiger partial charge is 0.443 e. The van der Waals surface area contributed by atoms with Crippen molar-refractivity contribution in [2.75, 3.05) is 0 Å². The predicted octanol–water partition coefficient (Wildman–Crippen LogP) is 3.93. The van der Waals surface area contributed by atoms with Gasteiger partial charge in [0.15, 0.2) is 0 Å². The number of hydrazine groups is 1. The van der Waals surface area contributed by atoms with E-state index in [1.807, 2.05) is 0 Å². The molecule has 2 aromatic heterocycles. The van der Waals surface area contributed by atoms with Crippen molar-refractivity contribution in [3.05, 3.63) is 31.3 Å². The Kier molecular flexibility index (Phi) is 8.31. The Hall–Kier alpha value is -3.24. The number of aryl methyl sites for hydroxylation is 2. The molecule has 0 bridgehead atoms. The van der Waals surface area contributed by atoms with Gasteiger partial charge in [-0.2, -0.15) is 26.3 Å². The third kappa shape index (κ3) is 7.17. The number of halogens is 6. The number of ether oxygens (including phenoxy) is 1. The fourth-order valence-corrected chi connectivity index (χ4v) is 4.52. The highest BCUT2D eigenvalue weighted by atomic mass is 32.1. The molecule has 0 spiro atoms. The first kappa shape index (κ1) is 30.0. The molecular formula is C20H25F6N5O5S. The van der Waals surface area contributed by atoms with Crippen molar-refractivity contribution in [2.24, 2.45) is 5.73 Å². The number of fused-ring (bicyclic) bond motifs is 1. The van der Waals surface area contributed by atoms with Gasteiger partial charge in [-0.25, -0.2) is 29.4 Å². The van der Waals surface area contributed by atoms with Crippen LogP contribution in [0.5, 0.6) is 0 Å². The first-order valence-electron chi connectivity index (χ1n) is 10.6. The van der Waals surface area contributed by atoms with Crippen LogP contribution in [0.2, 0.25) is 0 Å². The second kappa shape index (κ2) is 10.3. The Morgan fingerprint density at radius 1 is 1.14 bits per heavy atom. The summed E-state index contributed by atoms with van der Waals surface area (Å²) in [5.74, 6) is 0. The lowest BCUT2D eigenvalue weighted by Crippen LogP contribution is -2.49. The molecule has 1 atom stereocenters. The minimum absolute atomic E-state index is 0.00822. The average Bonchev–Trinajstić information content (AvgIpc) is 3.00. The molecule has 3 N–H and O–H groups in total. The normalized spacial score (nSPS) is 13.5. The molecule has 208 valence electrons. The Morgan fingerprint density at radius 3 is 2.16 bits per heavy atom. The fourth-order valence-electron chi connectivity index (χ4n) is 3.21. The van der Waals surface area contributed by atoms with E-state index in [2.05, 4.69) is 5.43 Å². The van der Waals surface area contributed by atoms with Gasteiger partial charge in [0, 0.05) is 11.4 Å². The number of nitrogens with one attached hydrogen (secondary N) is 1. The summed E-state index contributed by atoms with van der Waals surface area (Å²) in [5, 5.41) is 0.153. The van der Waals surface area contributed by atoms with E-state index in [9.17, 15) is 45.5 Å². The second-order valence-corrected chi connectivity index (χ2v) is 10.1. The lowest BCUT2D eigenvalue weighted by molar-refractivity contribution is -0.164. The van der Waals surface area contributed by atoms with E-state index in [0.717, 1.165) is 0 Å². The standard InChI is InChI=1S/C20H25F6N5O5S/c1-9-11(8-30(15(27)33)28-16(34)36-18(3,4)5)37-14-12(9)13(32)31(10(2)20(24,25)26)17(35)29(14)7-6-19(21,22)23/h10H,6-8H2,1-5H3,(H2,27,33)(H,28,34). The van der Waals surface area contributed by atoms with Gasteiger partial charge in [-0.05, 0) is 40.2 Å². The molecule has 37 heavy (non-hydrogen) atoms. The lowest BCUT2D eigenvalue weighted by atomic mass is 10.2. The number of thiophene rings is 1. The van der Waals surface area contributed by atoms with Gasteiger partial charge in [0.25, 0.3) is 5.56 Å². The quantitative estimate of drug-likeness (QED) is 0.422. The molecule has 0 aromatic carbocycles. The van der Waals surface area contributed by atoms with Crippen molar-refractivity contribution in [1.82, 2.24) is 19.6 Å². The van der Waals surface area contributed by atoms with Crippen LogP contribution in [-0.2, 0) is 17.8 Å². The van der Waals surface area contributed by atoms with Gasteiger partial charge in [-0.1, -0.05) is 0 Å². The number of nitrogens with two attached hydrogens (primary N) is 1. The molecule has 2 aromatic rings. The summed E-state index contributed by atoms with van der Waals surface area (Å²) in [5.41, 5.74) is 3.48. The average molecular weight is 562 g/mol. The van der Waals surface area contributed by atoms with Crippen LogP contribution < -0.4 is 22.4 Å². The Bertz CT molecular complexity index is 1300. The smallest absolute Gasteiger partial charge is 0.426 e. The van der Waals surface area contributed by atoms with E-state index >= 15 is 0 Å². The molecule has 0 aliphatic carbocycles. The van der Waals surface area contributed by atoms with Gasteiger partial charge in [0.1, 0.15) is 16.5 Å². The number of hydrogen-bond acceptors (Lipinski definition) is 6. The van der Waals surface area contributed by atoms with Crippen LogP contribution in [0.4, 0.5) is 35.9 Å². The number of urea groups is 1. The molecule has 0 radical (unpaired) electrons. The van der Waals surface area contributed by atoms with Gasteiger partial charge < -0.3 is 10.5 Å². The fraction of sp³-hybridized carbons (Fsp3) is 0.600. The van der Waals surface area contributed by atoms with Crippen molar-refractivity contribution < 1.29 is 40.7 Å².